The lowest BCUT2D eigenvalue weighted by Gasteiger charge is -2.28. The Morgan fingerprint density at radius 3 is 2.69 bits per heavy atom. The van der Waals surface area contributed by atoms with Gasteiger partial charge in [-0.05, 0) is 77.0 Å². The van der Waals surface area contributed by atoms with Crippen LogP contribution < -0.4 is 20.3 Å². The molecule has 2 amide bonds. The summed E-state index contributed by atoms with van der Waals surface area (Å²) in [5.74, 6) is -0.0327. The second kappa shape index (κ2) is 14.9. The van der Waals surface area contributed by atoms with Crippen LogP contribution in [0.3, 0.4) is 0 Å². The lowest BCUT2D eigenvalue weighted by molar-refractivity contribution is -0.127. The fourth-order valence-corrected chi connectivity index (χ4v) is 5.74. The molecule has 0 aliphatic carbocycles. The van der Waals surface area contributed by atoms with Crippen LogP contribution in [0.1, 0.15) is 56.6 Å². The summed E-state index contributed by atoms with van der Waals surface area (Å²) in [6, 6.07) is 7.87. The minimum Gasteiger partial charge on any atom is -0.460 e. The van der Waals surface area contributed by atoms with Crippen molar-refractivity contribution in [3.8, 4) is 6.01 Å². The van der Waals surface area contributed by atoms with E-state index in [1.54, 1.807) is 10.6 Å². The fourth-order valence-electron chi connectivity index (χ4n) is 5.74. The van der Waals surface area contributed by atoms with Crippen LogP contribution in [0.5, 0.6) is 6.01 Å². The first-order chi connectivity index (χ1) is 21.7. The largest absolute Gasteiger partial charge is 0.460 e. The van der Waals surface area contributed by atoms with Crippen molar-refractivity contribution in [1.29, 1.82) is 0 Å². The fraction of sp³-hybridized carbons (Fsp3) is 0.545. The molecule has 2 aliphatic rings. The van der Waals surface area contributed by atoms with E-state index in [1.165, 1.54) is 11.0 Å². The lowest BCUT2D eigenvalue weighted by Crippen LogP contribution is -2.45. The van der Waals surface area contributed by atoms with E-state index >= 15 is 0 Å². The van der Waals surface area contributed by atoms with Crippen LogP contribution in [0.4, 0.5) is 11.6 Å². The molecular weight excluding hydrogens is 570 g/mol. The molecule has 4 heterocycles. The number of carbonyl (C=O) groups excluding carboxylic acids is 2. The van der Waals surface area contributed by atoms with Crippen molar-refractivity contribution in [2.45, 2.75) is 58.1 Å². The molecule has 2 N–H and O–H groups in total. The topological polar surface area (TPSA) is 120 Å². The second-order valence-electron chi connectivity index (χ2n) is 12.7. The number of rotatable bonds is 11. The van der Waals surface area contributed by atoms with E-state index in [1.807, 2.05) is 49.5 Å². The van der Waals surface area contributed by atoms with Crippen molar-refractivity contribution in [2.75, 3.05) is 64.1 Å². The normalized spacial score (nSPS) is 18.2. The Hall–Kier alpha value is -3.87. The van der Waals surface area contributed by atoms with Gasteiger partial charge in [-0.15, -0.1) is 0 Å². The van der Waals surface area contributed by atoms with Gasteiger partial charge in [0, 0.05) is 44.4 Å². The van der Waals surface area contributed by atoms with Gasteiger partial charge in [-0.3, -0.25) is 9.59 Å². The number of nitrogens with zero attached hydrogens (tertiary/aromatic N) is 7. The number of likely N-dealkylation sites (tertiary alicyclic amines) is 1. The average molecular weight is 618 g/mol. The summed E-state index contributed by atoms with van der Waals surface area (Å²) < 4.78 is 8.00. The Kier molecular flexibility index (Phi) is 10.8. The van der Waals surface area contributed by atoms with E-state index in [4.69, 9.17) is 14.7 Å². The quantitative estimate of drug-likeness (QED) is 0.310. The predicted molar refractivity (Wildman–Crippen MR) is 176 cm³/mol. The minimum atomic E-state index is -0.344. The summed E-state index contributed by atoms with van der Waals surface area (Å²) in [5.41, 5.74) is 3.16. The molecule has 0 bridgehead atoms. The van der Waals surface area contributed by atoms with Gasteiger partial charge in [-0.2, -0.15) is 19.6 Å². The number of benzene rings is 1. The number of fused-ring (bicyclic) bond motifs is 1. The first kappa shape index (κ1) is 32.5. The first-order valence-corrected chi connectivity index (χ1v) is 16.0. The van der Waals surface area contributed by atoms with E-state index in [2.05, 4.69) is 41.5 Å². The van der Waals surface area contributed by atoms with E-state index in [9.17, 15) is 9.59 Å². The maximum Gasteiger partial charge on any atom is 0.322 e. The summed E-state index contributed by atoms with van der Waals surface area (Å²) in [6.45, 7) is 8.63. The van der Waals surface area contributed by atoms with E-state index in [0.29, 0.717) is 42.9 Å². The molecule has 12 heteroatoms. The molecule has 45 heavy (non-hydrogen) atoms. The van der Waals surface area contributed by atoms with Gasteiger partial charge in [-0.1, -0.05) is 32.1 Å². The molecule has 2 fully saturated rings. The van der Waals surface area contributed by atoms with Crippen LogP contribution in [-0.4, -0.2) is 101 Å². The number of piperidine rings is 2. The molecule has 0 radical (unpaired) electrons. The van der Waals surface area contributed by atoms with Crippen molar-refractivity contribution >= 4 is 29.1 Å². The molecule has 2 aromatic heterocycles. The number of hydrogen-bond acceptors (Lipinski definition) is 10. The molecular formula is C33H47N9O3. The van der Waals surface area contributed by atoms with Crippen molar-refractivity contribution < 1.29 is 14.3 Å². The number of carbonyl (C=O) groups is 2. The summed E-state index contributed by atoms with van der Waals surface area (Å²) in [5, 5.41) is 11.3. The predicted octanol–water partition coefficient (Wildman–Crippen LogP) is 3.31. The summed E-state index contributed by atoms with van der Waals surface area (Å²) in [6.07, 6.45) is 8.68. The molecule has 242 valence electrons. The monoisotopic (exact) mass is 617 g/mol. The van der Waals surface area contributed by atoms with Crippen LogP contribution in [0.2, 0.25) is 0 Å². The smallest absolute Gasteiger partial charge is 0.322 e. The molecule has 0 spiro atoms. The Bertz CT molecular complexity index is 1490. The molecule has 1 unspecified atom stereocenters. The molecule has 1 atom stereocenters. The van der Waals surface area contributed by atoms with Gasteiger partial charge in [0.15, 0.2) is 5.65 Å². The van der Waals surface area contributed by atoms with Crippen molar-refractivity contribution in [3.05, 3.63) is 53.7 Å². The van der Waals surface area contributed by atoms with Gasteiger partial charge in [-0.25, -0.2) is 4.90 Å². The van der Waals surface area contributed by atoms with Gasteiger partial charge in [0.25, 0.3) is 5.91 Å². The molecule has 0 saturated carbocycles. The first-order valence-electron chi connectivity index (χ1n) is 16.0. The molecule has 3 aromatic rings. The molecule has 2 saturated heterocycles. The minimum absolute atomic E-state index is 0.0609. The number of ether oxygens (including phenoxy) is 1. The zero-order valence-corrected chi connectivity index (χ0v) is 27.2. The van der Waals surface area contributed by atoms with Gasteiger partial charge in [0.05, 0.1) is 17.8 Å². The van der Waals surface area contributed by atoms with Crippen molar-refractivity contribution in [3.63, 3.8) is 0 Å². The number of imide groups is 1. The number of anilines is 2. The lowest BCUT2D eigenvalue weighted by atomic mass is 9.97. The second-order valence-corrected chi connectivity index (χ2v) is 12.7. The van der Waals surface area contributed by atoms with Crippen LogP contribution in [-0.2, 0) is 16.1 Å². The van der Waals surface area contributed by atoms with Gasteiger partial charge < -0.3 is 25.2 Å². The Labute approximate surface area is 265 Å². The summed E-state index contributed by atoms with van der Waals surface area (Å²) in [7, 11) is 5.99. The van der Waals surface area contributed by atoms with Crippen LogP contribution >= 0.6 is 0 Å². The third-order valence-electron chi connectivity index (χ3n) is 8.37. The summed E-state index contributed by atoms with van der Waals surface area (Å²) in [4.78, 5) is 42.2. The van der Waals surface area contributed by atoms with Gasteiger partial charge in [0.2, 0.25) is 11.9 Å². The van der Waals surface area contributed by atoms with Crippen molar-refractivity contribution in [2.24, 2.45) is 5.92 Å². The number of aromatic nitrogens is 4. The molecule has 1 aromatic carbocycles. The Balaban J connectivity index is 1.39. The zero-order valence-electron chi connectivity index (χ0n) is 27.2. The highest BCUT2D eigenvalue weighted by Crippen LogP contribution is 2.26. The maximum absolute atomic E-state index is 13.7. The number of likely N-dealkylation sites (N-methyl/N-ethyl adjacent to an activating group) is 1. The maximum atomic E-state index is 13.7. The number of nitrogens with one attached hydrogen (secondary N) is 2. The Morgan fingerprint density at radius 2 is 1.98 bits per heavy atom. The van der Waals surface area contributed by atoms with Crippen LogP contribution in [0.15, 0.2) is 42.6 Å². The highest BCUT2D eigenvalue weighted by atomic mass is 16.5. The SMILES string of the molecule is CC(C)c1cnn2c(NCc3cccc(N(C(=O)C=CCN(C)C)C(=O)C4CCCNC4)c3)nc(OC3CCN(C)CC3)nc12. The molecule has 12 nitrogen and oxygen atoms in total. The summed E-state index contributed by atoms with van der Waals surface area (Å²) >= 11 is 0. The van der Waals surface area contributed by atoms with Crippen molar-refractivity contribution in [1.82, 2.24) is 34.7 Å². The zero-order chi connectivity index (χ0) is 31.9. The molecule has 2 aliphatic heterocycles. The van der Waals surface area contributed by atoms with Gasteiger partial charge >= 0.3 is 6.01 Å². The van der Waals surface area contributed by atoms with E-state index in [-0.39, 0.29) is 29.8 Å². The number of amides is 2. The Morgan fingerprint density at radius 1 is 1.18 bits per heavy atom. The van der Waals surface area contributed by atoms with Crippen LogP contribution in [0, 0.1) is 5.92 Å². The van der Waals surface area contributed by atoms with E-state index in [0.717, 1.165) is 56.4 Å². The third kappa shape index (κ3) is 8.24. The highest BCUT2D eigenvalue weighted by Gasteiger charge is 2.30. The molecule has 5 rings (SSSR count). The standard InChI is InChI=1S/C33H47N9O3/c1-23(2)28-22-36-42-30(28)37-33(45-27-13-17-40(5)18-14-27)38-32(42)35-20-24-9-6-11-26(19-24)41(29(43)12-8-16-39(3)4)31(44)25-10-7-15-34-21-25/h6,8-9,11-12,19,22-23,25,27,34H,7,10,13-18,20-21H2,1-5H3,(H,35,37,38). The number of hydrogen-bond donors (Lipinski definition) is 2. The van der Waals surface area contributed by atoms with Gasteiger partial charge in [0.1, 0.15) is 6.10 Å². The van der Waals surface area contributed by atoms with Crippen LogP contribution in [0.25, 0.3) is 5.65 Å². The third-order valence-corrected chi connectivity index (χ3v) is 8.37. The van der Waals surface area contributed by atoms with E-state index < -0.39 is 0 Å². The highest BCUT2D eigenvalue weighted by molar-refractivity contribution is 6.19. The average Bonchev–Trinajstić information content (AvgIpc) is 3.46.